The average molecular weight is 397 g/mol. The van der Waals surface area contributed by atoms with Gasteiger partial charge >= 0.3 is 12.2 Å². The second-order valence-electron chi connectivity index (χ2n) is 6.39. The van der Waals surface area contributed by atoms with Crippen molar-refractivity contribution in [3.05, 3.63) is 77.9 Å². The zero-order valence-corrected chi connectivity index (χ0v) is 14.9. The van der Waals surface area contributed by atoms with Crippen LogP contribution < -0.4 is 5.32 Å². The van der Waals surface area contributed by atoms with E-state index in [-0.39, 0.29) is 24.2 Å². The number of carbonyl (C=O) groups excluding carboxylic acids is 1. The predicted molar refractivity (Wildman–Crippen MR) is 101 cm³/mol. The Balaban J connectivity index is 1.43. The molecule has 8 heteroatoms. The van der Waals surface area contributed by atoms with Gasteiger partial charge in [-0.1, -0.05) is 47.6 Å². The molecule has 0 aliphatic carbocycles. The van der Waals surface area contributed by atoms with Crippen LogP contribution in [0.5, 0.6) is 0 Å². The number of fused-ring (bicyclic) bond motifs is 1. The number of anilines is 1. The summed E-state index contributed by atoms with van der Waals surface area (Å²) in [5.74, 6) is -0.331. The number of carbonyl (C=O) groups is 1. The van der Waals surface area contributed by atoms with Gasteiger partial charge in [-0.25, -0.2) is 0 Å². The largest absolute Gasteiger partial charge is 0.416 e. The van der Waals surface area contributed by atoms with Crippen molar-refractivity contribution in [1.82, 2.24) is 10.2 Å². The molecule has 0 bridgehead atoms. The Morgan fingerprint density at radius 2 is 1.66 bits per heavy atom. The third-order valence-corrected chi connectivity index (χ3v) is 4.31. The first kappa shape index (κ1) is 18.7. The number of aromatic nitrogens is 2. The number of nitrogens with one attached hydrogen (secondary N) is 1. The molecule has 0 fully saturated rings. The first-order valence-corrected chi connectivity index (χ1v) is 8.67. The summed E-state index contributed by atoms with van der Waals surface area (Å²) in [5.41, 5.74) is 0.369. The van der Waals surface area contributed by atoms with Crippen molar-refractivity contribution in [3.8, 4) is 11.5 Å². The summed E-state index contributed by atoms with van der Waals surface area (Å²) >= 11 is 0. The number of benzene rings is 3. The molecular formula is C21H14F3N3O2. The molecule has 0 spiro atoms. The number of halogens is 3. The fourth-order valence-electron chi connectivity index (χ4n) is 2.89. The highest BCUT2D eigenvalue weighted by atomic mass is 19.4. The van der Waals surface area contributed by atoms with Crippen LogP contribution in [-0.4, -0.2) is 16.1 Å². The fourth-order valence-corrected chi connectivity index (χ4v) is 2.89. The lowest BCUT2D eigenvalue weighted by Gasteiger charge is -2.06. The highest BCUT2D eigenvalue weighted by Crippen LogP contribution is 2.31. The van der Waals surface area contributed by atoms with Crippen molar-refractivity contribution in [3.63, 3.8) is 0 Å². The topological polar surface area (TPSA) is 68.0 Å². The van der Waals surface area contributed by atoms with Crippen molar-refractivity contribution in [2.24, 2.45) is 0 Å². The van der Waals surface area contributed by atoms with E-state index in [1.54, 1.807) is 0 Å². The van der Waals surface area contributed by atoms with E-state index in [4.69, 9.17) is 4.42 Å². The van der Waals surface area contributed by atoms with E-state index < -0.39 is 11.7 Å². The van der Waals surface area contributed by atoms with Crippen LogP contribution in [-0.2, 0) is 17.4 Å². The minimum absolute atomic E-state index is 0.0136. The lowest BCUT2D eigenvalue weighted by atomic mass is 10.1. The smallest absolute Gasteiger partial charge is 0.403 e. The first-order chi connectivity index (χ1) is 13.9. The van der Waals surface area contributed by atoms with E-state index in [0.717, 1.165) is 28.5 Å². The maximum absolute atomic E-state index is 12.6. The summed E-state index contributed by atoms with van der Waals surface area (Å²) in [6, 6.07) is 17.7. The summed E-state index contributed by atoms with van der Waals surface area (Å²) in [5, 5.41) is 12.1. The second-order valence-corrected chi connectivity index (χ2v) is 6.39. The molecule has 1 heterocycles. The van der Waals surface area contributed by atoms with Crippen LogP contribution in [0.4, 0.5) is 19.2 Å². The standard InChI is InChI=1S/C21H14F3N3O2/c22-21(23,24)17-9-7-15(8-10-17)19-26-27-20(29-19)25-18(28)12-13-5-6-14-3-1-2-4-16(14)11-13/h1-11H,12H2,(H,25,27,28). The molecule has 5 nitrogen and oxygen atoms in total. The number of hydrogen-bond donors (Lipinski definition) is 1. The van der Waals surface area contributed by atoms with E-state index in [0.29, 0.717) is 5.56 Å². The van der Waals surface area contributed by atoms with Crippen LogP contribution in [0.3, 0.4) is 0 Å². The molecule has 0 saturated carbocycles. The first-order valence-electron chi connectivity index (χ1n) is 8.67. The Bertz CT molecular complexity index is 1170. The Kier molecular flexibility index (Phi) is 4.75. The zero-order valence-electron chi connectivity index (χ0n) is 14.9. The summed E-state index contributed by atoms with van der Waals surface area (Å²) in [7, 11) is 0. The van der Waals surface area contributed by atoms with Crippen molar-refractivity contribution in [1.29, 1.82) is 0 Å². The summed E-state index contributed by atoms with van der Waals surface area (Å²) in [6.07, 6.45) is -4.31. The van der Waals surface area contributed by atoms with E-state index in [2.05, 4.69) is 15.5 Å². The Morgan fingerprint density at radius 1 is 0.931 bits per heavy atom. The lowest BCUT2D eigenvalue weighted by molar-refractivity contribution is -0.137. The van der Waals surface area contributed by atoms with E-state index in [9.17, 15) is 18.0 Å². The number of nitrogens with zero attached hydrogens (tertiary/aromatic N) is 2. The van der Waals surface area contributed by atoms with Gasteiger partial charge in [-0.05, 0) is 40.6 Å². The van der Waals surface area contributed by atoms with E-state index in [1.165, 1.54) is 12.1 Å². The number of hydrogen-bond acceptors (Lipinski definition) is 4. The van der Waals surface area contributed by atoms with Crippen molar-refractivity contribution >= 4 is 22.7 Å². The van der Waals surface area contributed by atoms with Gasteiger partial charge in [-0.3, -0.25) is 10.1 Å². The van der Waals surface area contributed by atoms with Gasteiger partial charge in [0, 0.05) is 5.56 Å². The summed E-state index contributed by atoms with van der Waals surface area (Å²) in [6.45, 7) is 0. The van der Waals surface area contributed by atoms with Crippen LogP contribution in [0.2, 0.25) is 0 Å². The molecule has 3 aromatic carbocycles. The second kappa shape index (κ2) is 7.38. The molecule has 1 N–H and O–H groups in total. The minimum Gasteiger partial charge on any atom is -0.403 e. The van der Waals surface area contributed by atoms with Crippen molar-refractivity contribution in [2.45, 2.75) is 12.6 Å². The fraction of sp³-hybridized carbons (Fsp3) is 0.0952. The van der Waals surface area contributed by atoms with E-state index >= 15 is 0 Å². The van der Waals surface area contributed by atoms with Gasteiger partial charge in [0.15, 0.2) is 0 Å². The molecule has 1 amide bonds. The highest BCUT2D eigenvalue weighted by Gasteiger charge is 2.30. The Hall–Kier alpha value is -3.68. The van der Waals surface area contributed by atoms with Crippen molar-refractivity contribution < 1.29 is 22.4 Å². The summed E-state index contributed by atoms with van der Waals surface area (Å²) < 4.78 is 43.2. The molecule has 0 unspecified atom stereocenters. The molecule has 4 rings (SSSR count). The van der Waals surface area contributed by atoms with E-state index in [1.807, 2.05) is 42.5 Å². The summed E-state index contributed by atoms with van der Waals surface area (Å²) in [4.78, 5) is 12.3. The SMILES string of the molecule is O=C(Cc1ccc2ccccc2c1)Nc1nnc(-c2ccc(C(F)(F)F)cc2)o1. The van der Waals surface area contributed by atoms with Crippen LogP contribution >= 0.6 is 0 Å². The van der Waals surface area contributed by atoms with Crippen LogP contribution in [0.25, 0.3) is 22.2 Å². The monoisotopic (exact) mass is 397 g/mol. The molecule has 146 valence electrons. The maximum atomic E-state index is 12.6. The quantitative estimate of drug-likeness (QED) is 0.521. The molecule has 0 aliphatic rings. The number of alkyl halides is 3. The molecule has 0 saturated heterocycles. The van der Waals surface area contributed by atoms with Gasteiger partial charge in [0.2, 0.25) is 11.8 Å². The molecule has 1 aromatic heterocycles. The average Bonchev–Trinajstić information content (AvgIpc) is 3.15. The van der Waals surface area contributed by atoms with Crippen LogP contribution in [0, 0.1) is 0 Å². The minimum atomic E-state index is -4.42. The Morgan fingerprint density at radius 3 is 2.38 bits per heavy atom. The van der Waals surface area contributed by atoms with Crippen LogP contribution in [0.15, 0.2) is 71.1 Å². The van der Waals surface area contributed by atoms with Gasteiger partial charge in [0.1, 0.15) is 0 Å². The Labute approximate surface area is 163 Å². The predicted octanol–water partition coefficient (Wildman–Crippen LogP) is 5.09. The normalized spacial score (nSPS) is 11.6. The van der Waals surface area contributed by atoms with Gasteiger partial charge < -0.3 is 4.42 Å². The lowest BCUT2D eigenvalue weighted by Crippen LogP contribution is -2.14. The van der Waals surface area contributed by atoms with Gasteiger partial charge in [0.25, 0.3) is 0 Å². The molecule has 0 aliphatic heterocycles. The molecule has 4 aromatic rings. The molecule has 0 atom stereocenters. The van der Waals surface area contributed by atoms with Gasteiger partial charge in [-0.15, -0.1) is 5.10 Å². The highest BCUT2D eigenvalue weighted by molar-refractivity contribution is 5.91. The van der Waals surface area contributed by atoms with Crippen LogP contribution in [0.1, 0.15) is 11.1 Å². The van der Waals surface area contributed by atoms with Gasteiger partial charge in [-0.2, -0.15) is 13.2 Å². The zero-order chi connectivity index (χ0) is 20.4. The maximum Gasteiger partial charge on any atom is 0.416 e. The molecular weight excluding hydrogens is 383 g/mol. The number of amides is 1. The van der Waals surface area contributed by atoms with Gasteiger partial charge in [0.05, 0.1) is 12.0 Å². The molecule has 29 heavy (non-hydrogen) atoms. The third-order valence-electron chi connectivity index (χ3n) is 4.31. The number of rotatable bonds is 4. The third kappa shape index (κ3) is 4.26. The molecule has 0 radical (unpaired) electrons. The van der Waals surface area contributed by atoms with Crippen molar-refractivity contribution in [2.75, 3.05) is 5.32 Å².